The molecule has 0 aromatic heterocycles. The monoisotopic (exact) mass is 193 g/mol. The average molecular weight is 193 g/mol. The van der Waals surface area contributed by atoms with E-state index >= 15 is 0 Å². The molecule has 76 valence electrons. The number of nitrogens with two attached hydrogens (primary N) is 1. The van der Waals surface area contributed by atoms with E-state index in [1.165, 1.54) is 0 Å². The van der Waals surface area contributed by atoms with E-state index in [1.54, 1.807) is 12.1 Å². The molecule has 0 radical (unpaired) electrons. The van der Waals surface area contributed by atoms with Crippen LogP contribution in [-0.2, 0) is 4.79 Å². The van der Waals surface area contributed by atoms with Gasteiger partial charge in [0.05, 0.1) is 5.92 Å². The average Bonchev–Trinajstić information content (AvgIpc) is 2.09. The summed E-state index contributed by atoms with van der Waals surface area (Å²) in [6, 6.07) is 5.49. The first kappa shape index (κ1) is 10.6. The molecular formula is C11H15NO2. The molecule has 3 heteroatoms. The molecule has 0 aliphatic carbocycles. The van der Waals surface area contributed by atoms with E-state index in [9.17, 15) is 4.79 Å². The summed E-state index contributed by atoms with van der Waals surface area (Å²) in [7, 11) is 0. The Hall–Kier alpha value is -1.51. The second-order valence-electron chi connectivity index (χ2n) is 3.43. The first-order chi connectivity index (χ1) is 6.56. The van der Waals surface area contributed by atoms with Gasteiger partial charge in [0.1, 0.15) is 0 Å². The summed E-state index contributed by atoms with van der Waals surface area (Å²) >= 11 is 0. The second kappa shape index (κ2) is 4.13. The Balaban J connectivity index is 3.10. The van der Waals surface area contributed by atoms with Gasteiger partial charge >= 0.3 is 5.97 Å². The molecule has 1 rings (SSSR count). The van der Waals surface area contributed by atoms with E-state index < -0.39 is 11.9 Å². The number of carboxylic acid groups (broad SMARTS) is 1. The molecule has 0 spiro atoms. The number of nitrogen functional groups attached to an aromatic ring is 1. The maximum absolute atomic E-state index is 10.9. The number of rotatable bonds is 3. The lowest BCUT2D eigenvalue weighted by Gasteiger charge is -2.13. The Bertz CT molecular complexity index is 347. The molecular weight excluding hydrogens is 178 g/mol. The van der Waals surface area contributed by atoms with E-state index in [4.69, 9.17) is 10.8 Å². The maximum atomic E-state index is 10.9. The number of hydrogen-bond acceptors (Lipinski definition) is 2. The van der Waals surface area contributed by atoms with Gasteiger partial charge in [-0.05, 0) is 30.5 Å². The Morgan fingerprint density at radius 3 is 2.64 bits per heavy atom. The number of aliphatic carboxylic acids is 1. The van der Waals surface area contributed by atoms with Crippen molar-refractivity contribution in [3.05, 3.63) is 29.3 Å². The van der Waals surface area contributed by atoms with E-state index in [0.717, 1.165) is 5.56 Å². The number of aryl methyl sites for hydroxylation is 1. The van der Waals surface area contributed by atoms with Crippen LogP contribution in [0.2, 0.25) is 0 Å². The molecule has 3 N–H and O–H groups in total. The standard InChI is InChI=1S/C11H15NO2/c1-3-8(11(13)14)9-5-4-7(2)6-10(9)12/h4-6,8H,3,12H2,1-2H3,(H,13,14). The third-order valence-corrected chi connectivity index (χ3v) is 2.32. The van der Waals surface area contributed by atoms with Crippen LogP contribution >= 0.6 is 0 Å². The fourth-order valence-electron chi connectivity index (χ4n) is 1.54. The Labute approximate surface area is 83.6 Å². The molecule has 1 unspecified atom stereocenters. The van der Waals surface area contributed by atoms with Crippen molar-refractivity contribution in [2.75, 3.05) is 5.73 Å². The first-order valence-corrected chi connectivity index (χ1v) is 4.65. The van der Waals surface area contributed by atoms with Crippen LogP contribution in [0, 0.1) is 6.92 Å². The third-order valence-electron chi connectivity index (χ3n) is 2.32. The van der Waals surface area contributed by atoms with Crippen molar-refractivity contribution in [1.82, 2.24) is 0 Å². The first-order valence-electron chi connectivity index (χ1n) is 4.65. The Morgan fingerprint density at radius 2 is 2.21 bits per heavy atom. The van der Waals surface area contributed by atoms with Crippen LogP contribution in [0.4, 0.5) is 5.69 Å². The van der Waals surface area contributed by atoms with Crippen LogP contribution in [-0.4, -0.2) is 11.1 Å². The van der Waals surface area contributed by atoms with E-state index in [0.29, 0.717) is 17.7 Å². The van der Waals surface area contributed by atoms with Gasteiger partial charge in [0.15, 0.2) is 0 Å². The van der Waals surface area contributed by atoms with Crippen molar-refractivity contribution in [2.45, 2.75) is 26.2 Å². The van der Waals surface area contributed by atoms with Crippen LogP contribution in [0.3, 0.4) is 0 Å². The zero-order valence-corrected chi connectivity index (χ0v) is 8.45. The smallest absolute Gasteiger partial charge is 0.311 e. The highest BCUT2D eigenvalue weighted by Gasteiger charge is 2.19. The number of hydrogen-bond donors (Lipinski definition) is 2. The van der Waals surface area contributed by atoms with Crippen LogP contribution in [0.25, 0.3) is 0 Å². The molecule has 1 aromatic carbocycles. The zero-order chi connectivity index (χ0) is 10.7. The molecule has 0 heterocycles. The summed E-state index contributed by atoms with van der Waals surface area (Å²) in [6.07, 6.45) is 0.558. The summed E-state index contributed by atoms with van der Waals surface area (Å²) in [5.41, 5.74) is 8.10. The minimum atomic E-state index is -0.817. The van der Waals surface area contributed by atoms with Gasteiger partial charge < -0.3 is 10.8 Å². The van der Waals surface area contributed by atoms with Gasteiger partial charge in [0.25, 0.3) is 0 Å². The van der Waals surface area contributed by atoms with Crippen LogP contribution in [0.1, 0.15) is 30.4 Å². The predicted octanol–water partition coefficient (Wildman–Crippen LogP) is 2.16. The molecule has 0 aliphatic rings. The summed E-state index contributed by atoms with van der Waals surface area (Å²) in [6.45, 7) is 3.78. The van der Waals surface area contributed by atoms with Gasteiger partial charge in [-0.15, -0.1) is 0 Å². The number of carbonyl (C=O) groups is 1. The fraction of sp³-hybridized carbons (Fsp3) is 0.364. The number of anilines is 1. The number of carboxylic acids is 1. The summed E-state index contributed by atoms with van der Waals surface area (Å²) in [5.74, 6) is -1.31. The largest absolute Gasteiger partial charge is 0.481 e. The highest BCUT2D eigenvalue weighted by Crippen LogP contribution is 2.26. The quantitative estimate of drug-likeness (QED) is 0.723. The van der Waals surface area contributed by atoms with Crippen molar-refractivity contribution in [2.24, 2.45) is 0 Å². The van der Waals surface area contributed by atoms with E-state index in [1.807, 2.05) is 19.9 Å². The minimum absolute atomic E-state index is 0.490. The summed E-state index contributed by atoms with van der Waals surface area (Å²) in [4.78, 5) is 10.9. The normalized spacial score (nSPS) is 12.4. The van der Waals surface area contributed by atoms with Crippen LogP contribution in [0.15, 0.2) is 18.2 Å². The molecule has 0 bridgehead atoms. The maximum Gasteiger partial charge on any atom is 0.311 e. The number of benzene rings is 1. The molecule has 0 aliphatic heterocycles. The molecule has 0 amide bonds. The topological polar surface area (TPSA) is 63.3 Å². The lowest BCUT2D eigenvalue weighted by molar-refractivity contribution is -0.138. The van der Waals surface area contributed by atoms with Gasteiger partial charge in [-0.25, -0.2) is 0 Å². The minimum Gasteiger partial charge on any atom is -0.481 e. The SMILES string of the molecule is CCC(C(=O)O)c1ccc(C)cc1N. The summed E-state index contributed by atoms with van der Waals surface area (Å²) in [5, 5.41) is 8.96. The molecule has 1 atom stereocenters. The van der Waals surface area contributed by atoms with Crippen molar-refractivity contribution in [1.29, 1.82) is 0 Å². The zero-order valence-electron chi connectivity index (χ0n) is 8.45. The molecule has 14 heavy (non-hydrogen) atoms. The molecule has 1 aromatic rings. The molecule has 0 saturated carbocycles. The van der Waals surface area contributed by atoms with Gasteiger partial charge in [0, 0.05) is 5.69 Å². The predicted molar refractivity (Wildman–Crippen MR) is 56.3 cm³/mol. The van der Waals surface area contributed by atoms with Crippen molar-refractivity contribution < 1.29 is 9.90 Å². The van der Waals surface area contributed by atoms with Gasteiger partial charge in [0.2, 0.25) is 0 Å². The van der Waals surface area contributed by atoms with Crippen molar-refractivity contribution >= 4 is 11.7 Å². The fourth-order valence-corrected chi connectivity index (χ4v) is 1.54. The van der Waals surface area contributed by atoms with Gasteiger partial charge in [-0.2, -0.15) is 0 Å². The highest BCUT2D eigenvalue weighted by atomic mass is 16.4. The Morgan fingerprint density at radius 1 is 1.57 bits per heavy atom. The second-order valence-corrected chi connectivity index (χ2v) is 3.43. The highest BCUT2D eigenvalue weighted by molar-refractivity contribution is 5.78. The molecule has 0 fully saturated rings. The van der Waals surface area contributed by atoms with Crippen molar-refractivity contribution in [3.8, 4) is 0 Å². The molecule has 0 saturated heterocycles. The Kier molecular flexibility index (Phi) is 3.12. The van der Waals surface area contributed by atoms with E-state index in [2.05, 4.69) is 0 Å². The van der Waals surface area contributed by atoms with Crippen LogP contribution < -0.4 is 5.73 Å². The van der Waals surface area contributed by atoms with Crippen LogP contribution in [0.5, 0.6) is 0 Å². The lowest BCUT2D eigenvalue weighted by atomic mass is 9.94. The van der Waals surface area contributed by atoms with Gasteiger partial charge in [-0.1, -0.05) is 19.1 Å². The lowest BCUT2D eigenvalue weighted by Crippen LogP contribution is -2.12. The van der Waals surface area contributed by atoms with Gasteiger partial charge in [-0.3, -0.25) is 4.79 Å². The summed E-state index contributed by atoms with van der Waals surface area (Å²) < 4.78 is 0. The van der Waals surface area contributed by atoms with Crippen molar-refractivity contribution in [3.63, 3.8) is 0 Å². The van der Waals surface area contributed by atoms with E-state index in [-0.39, 0.29) is 0 Å². The molecule has 3 nitrogen and oxygen atoms in total. The third kappa shape index (κ3) is 2.05.